The molecule has 3 unspecified atom stereocenters. The van der Waals surface area contributed by atoms with Gasteiger partial charge in [0.05, 0.1) is 24.3 Å². The second kappa shape index (κ2) is 11.6. The lowest BCUT2D eigenvalue weighted by molar-refractivity contribution is -0.128. The van der Waals surface area contributed by atoms with E-state index in [1.54, 1.807) is 24.3 Å². The van der Waals surface area contributed by atoms with Crippen molar-refractivity contribution in [3.8, 4) is 6.07 Å². The Hall–Kier alpha value is -3.17. The molecule has 4 rings (SSSR count). The SMILES string of the molecule is COC1CN(C(N)=O)C(C(N)=O)(c2cc(C(CCC3CC3)(N[S@+]([O-])C(C)(C)C)c3cccc(C#N)c3)ccc2F)C1. The van der Waals surface area contributed by atoms with Crippen molar-refractivity contribution in [3.63, 3.8) is 0 Å². The molecule has 11 heteroatoms. The van der Waals surface area contributed by atoms with Crippen molar-refractivity contribution in [2.45, 2.75) is 74.8 Å². The summed E-state index contributed by atoms with van der Waals surface area (Å²) in [7, 11) is 1.44. The molecule has 1 saturated heterocycles. The number of urea groups is 1. The van der Waals surface area contributed by atoms with E-state index >= 15 is 4.39 Å². The zero-order valence-corrected chi connectivity index (χ0v) is 24.7. The van der Waals surface area contributed by atoms with Gasteiger partial charge in [0.1, 0.15) is 16.1 Å². The van der Waals surface area contributed by atoms with Crippen LogP contribution >= 0.6 is 0 Å². The number of nitrogens with two attached hydrogens (primary N) is 2. The fourth-order valence-corrected chi connectivity index (χ4v) is 6.61. The summed E-state index contributed by atoms with van der Waals surface area (Å²) in [5, 5.41) is 9.69. The van der Waals surface area contributed by atoms with E-state index < -0.39 is 51.0 Å². The minimum absolute atomic E-state index is 0.0399. The molecule has 1 aliphatic heterocycles. The third-order valence-corrected chi connectivity index (χ3v) is 9.86. The Labute approximate surface area is 243 Å². The molecule has 2 aromatic rings. The van der Waals surface area contributed by atoms with Gasteiger partial charge in [0.15, 0.2) is 5.54 Å². The maximum absolute atomic E-state index is 15.8. The summed E-state index contributed by atoms with van der Waals surface area (Å²) in [6.07, 6.45) is 2.77. The zero-order valence-electron chi connectivity index (χ0n) is 23.9. The van der Waals surface area contributed by atoms with Crippen LogP contribution < -0.4 is 16.2 Å². The number of carbonyl (C=O) groups is 2. The number of nitriles is 1. The van der Waals surface area contributed by atoms with Crippen molar-refractivity contribution < 1.29 is 23.3 Å². The van der Waals surface area contributed by atoms with Gasteiger partial charge in [-0.3, -0.25) is 4.79 Å². The van der Waals surface area contributed by atoms with E-state index in [0.29, 0.717) is 29.0 Å². The fraction of sp³-hybridized carbons (Fsp3) is 0.500. The molecule has 5 N–H and O–H groups in total. The van der Waals surface area contributed by atoms with Crippen molar-refractivity contribution in [2.75, 3.05) is 13.7 Å². The largest absolute Gasteiger partial charge is 0.598 e. The average molecular weight is 584 g/mol. The van der Waals surface area contributed by atoms with E-state index in [1.165, 1.54) is 19.2 Å². The van der Waals surface area contributed by atoms with Crippen LogP contribution in [-0.4, -0.2) is 45.9 Å². The number of hydrogen-bond donors (Lipinski definition) is 3. The minimum Gasteiger partial charge on any atom is -0.598 e. The molecule has 3 amide bonds. The summed E-state index contributed by atoms with van der Waals surface area (Å²) in [4.78, 5) is 26.8. The Balaban J connectivity index is 2.00. The van der Waals surface area contributed by atoms with E-state index in [2.05, 4.69) is 10.8 Å². The normalized spacial score (nSPS) is 23.0. The zero-order chi connectivity index (χ0) is 30.2. The molecular formula is C30H38FN5O4S. The van der Waals surface area contributed by atoms with E-state index in [-0.39, 0.29) is 18.5 Å². The van der Waals surface area contributed by atoms with E-state index in [9.17, 15) is 19.4 Å². The third kappa shape index (κ3) is 5.93. The highest BCUT2D eigenvalue weighted by atomic mass is 32.2. The number of hydrogen-bond acceptors (Lipinski definition) is 6. The number of ether oxygens (including phenoxy) is 1. The van der Waals surface area contributed by atoms with Gasteiger partial charge in [-0.15, -0.1) is 4.72 Å². The maximum Gasteiger partial charge on any atom is 0.316 e. The maximum atomic E-state index is 15.8. The van der Waals surface area contributed by atoms with Crippen LogP contribution in [0.2, 0.25) is 0 Å². The molecule has 4 atom stereocenters. The van der Waals surface area contributed by atoms with E-state index in [0.717, 1.165) is 24.2 Å². The molecular weight excluding hydrogens is 545 g/mol. The van der Waals surface area contributed by atoms with Crippen LogP contribution in [0, 0.1) is 23.1 Å². The Morgan fingerprint density at radius 2 is 1.90 bits per heavy atom. The molecule has 0 spiro atoms. The van der Waals surface area contributed by atoms with Gasteiger partial charge < -0.3 is 25.7 Å². The molecule has 220 valence electrons. The smallest absolute Gasteiger partial charge is 0.316 e. The van der Waals surface area contributed by atoms with Crippen molar-refractivity contribution in [2.24, 2.45) is 17.4 Å². The van der Waals surface area contributed by atoms with Crippen LogP contribution in [0.15, 0.2) is 42.5 Å². The number of primary amides is 2. The van der Waals surface area contributed by atoms with Crippen LogP contribution in [0.3, 0.4) is 0 Å². The number of benzene rings is 2. The van der Waals surface area contributed by atoms with Crippen LogP contribution in [0.5, 0.6) is 0 Å². The van der Waals surface area contributed by atoms with Crippen molar-refractivity contribution in [1.29, 1.82) is 5.26 Å². The standard InChI is InChI=1S/C30H38FN5O4S/c1-28(2,3)41(39)35-29(13-12-19-8-9-19,21-7-5-6-20(14-21)17-32)22-10-11-25(31)24(15-22)30(26(33)37)16-23(40-4)18-36(30)27(34)38/h5-7,10-11,14-15,19,23,35H,8-9,12-13,16,18H2,1-4H3,(H2,33,37)(H2,34,38)/t23?,29?,30?,41-/m1/s1. The third-order valence-electron chi connectivity index (χ3n) is 8.21. The number of nitrogens with zero attached hydrogens (tertiary/aromatic N) is 2. The van der Waals surface area contributed by atoms with Crippen LogP contribution in [0.1, 0.15) is 75.1 Å². The van der Waals surface area contributed by atoms with Crippen LogP contribution in [0.4, 0.5) is 9.18 Å². The first-order valence-electron chi connectivity index (χ1n) is 13.7. The number of halogens is 1. The predicted octanol–water partition coefficient (Wildman–Crippen LogP) is 3.66. The first kappa shape index (κ1) is 30.8. The Morgan fingerprint density at radius 3 is 2.46 bits per heavy atom. The Bertz CT molecular complexity index is 1360. The van der Waals surface area contributed by atoms with Gasteiger partial charge in [0.25, 0.3) is 0 Å². The van der Waals surface area contributed by atoms with Crippen LogP contribution in [-0.2, 0) is 32.0 Å². The highest BCUT2D eigenvalue weighted by Gasteiger charge is 2.55. The molecule has 2 aliphatic rings. The van der Waals surface area contributed by atoms with Gasteiger partial charge in [0.2, 0.25) is 5.91 Å². The molecule has 2 aromatic carbocycles. The number of rotatable bonds is 10. The molecule has 0 bridgehead atoms. The second-order valence-electron chi connectivity index (χ2n) is 12.0. The molecule has 1 aliphatic carbocycles. The van der Waals surface area contributed by atoms with Crippen molar-refractivity contribution in [3.05, 3.63) is 70.5 Å². The van der Waals surface area contributed by atoms with E-state index in [4.69, 9.17) is 16.2 Å². The van der Waals surface area contributed by atoms with Crippen LogP contribution in [0.25, 0.3) is 0 Å². The molecule has 41 heavy (non-hydrogen) atoms. The summed E-state index contributed by atoms with van der Waals surface area (Å²) in [5.74, 6) is -1.18. The average Bonchev–Trinajstić information content (AvgIpc) is 3.67. The lowest BCUT2D eigenvalue weighted by Gasteiger charge is -2.40. The molecule has 1 heterocycles. The fourth-order valence-electron chi connectivity index (χ4n) is 5.65. The Morgan fingerprint density at radius 1 is 1.22 bits per heavy atom. The molecule has 0 aromatic heterocycles. The molecule has 0 radical (unpaired) electrons. The van der Waals surface area contributed by atoms with Gasteiger partial charge in [-0.2, -0.15) is 5.26 Å². The predicted molar refractivity (Wildman–Crippen MR) is 154 cm³/mol. The summed E-state index contributed by atoms with van der Waals surface area (Å²) < 4.78 is 37.7. The highest BCUT2D eigenvalue weighted by molar-refractivity contribution is 7.90. The quantitative estimate of drug-likeness (QED) is 0.362. The first-order chi connectivity index (χ1) is 19.3. The summed E-state index contributed by atoms with van der Waals surface area (Å²) in [6.45, 7) is 5.50. The first-order valence-corrected chi connectivity index (χ1v) is 14.8. The molecule has 9 nitrogen and oxygen atoms in total. The van der Waals surface area contributed by atoms with Gasteiger partial charge in [-0.25, -0.2) is 9.18 Å². The lowest BCUT2D eigenvalue weighted by atomic mass is 9.76. The monoisotopic (exact) mass is 583 g/mol. The minimum atomic E-state index is -1.90. The topological polar surface area (TPSA) is 158 Å². The number of carbonyl (C=O) groups excluding carboxylic acids is 2. The lowest BCUT2D eigenvalue weighted by Crippen LogP contribution is -2.56. The molecule has 2 fully saturated rings. The molecule has 1 saturated carbocycles. The summed E-state index contributed by atoms with van der Waals surface area (Å²) in [6, 6.07) is 12.6. The number of nitrogens with one attached hydrogen (secondary N) is 1. The van der Waals surface area contributed by atoms with Gasteiger partial charge >= 0.3 is 6.03 Å². The highest BCUT2D eigenvalue weighted by Crippen LogP contribution is 2.46. The number of amides is 3. The van der Waals surface area contributed by atoms with E-state index in [1.807, 2.05) is 26.8 Å². The van der Waals surface area contributed by atoms with Gasteiger partial charge in [-0.1, -0.05) is 31.0 Å². The van der Waals surface area contributed by atoms with Gasteiger partial charge in [0, 0.05) is 30.5 Å². The number of likely N-dealkylation sites (tertiary alicyclic amines) is 1. The summed E-state index contributed by atoms with van der Waals surface area (Å²) in [5.41, 5.74) is 10.1. The second-order valence-corrected chi connectivity index (χ2v) is 14.0. The summed E-state index contributed by atoms with van der Waals surface area (Å²) >= 11 is -1.59. The Kier molecular flexibility index (Phi) is 8.71. The van der Waals surface area contributed by atoms with Gasteiger partial charge in [-0.05, 0) is 74.9 Å². The van der Waals surface area contributed by atoms with Crippen molar-refractivity contribution >= 4 is 23.3 Å². The number of methoxy groups -OCH3 is 1. The van der Waals surface area contributed by atoms with Crippen molar-refractivity contribution in [1.82, 2.24) is 9.62 Å².